The van der Waals surface area contributed by atoms with Crippen LogP contribution in [0.1, 0.15) is 6.92 Å². The van der Waals surface area contributed by atoms with Crippen LogP contribution in [0.25, 0.3) is 0 Å². The zero-order chi connectivity index (χ0) is 10.2. The maximum Gasteiger partial charge on any atom is 0.459 e. The molecule has 0 aromatic heterocycles. The van der Waals surface area contributed by atoms with Gasteiger partial charge in [-0.15, -0.1) is 0 Å². The Bertz CT molecular complexity index is 160. The lowest BCUT2D eigenvalue weighted by molar-refractivity contribution is -0.372. The molecule has 1 unspecified atom stereocenters. The van der Waals surface area contributed by atoms with Gasteiger partial charge in [0.15, 0.2) is 0 Å². The van der Waals surface area contributed by atoms with E-state index in [0.717, 1.165) is 0 Å². The van der Waals surface area contributed by atoms with Crippen molar-refractivity contribution in [1.82, 2.24) is 0 Å². The molecule has 12 heavy (non-hydrogen) atoms. The normalized spacial score (nSPS) is 19.0. The highest BCUT2D eigenvalue weighted by atomic mass is 19.4. The third kappa shape index (κ3) is 1.65. The first-order valence-electron chi connectivity index (χ1n) is 2.75. The highest BCUT2D eigenvalue weighted by molar-refractivity contribution is 4.88. The quantitative estimate of drug-likeness (QED) is 0.616. The van der Waals surface area contributed by atoms with Crippen molar-refractivity contribution in [2.75, 3.05) is 7.11 Å². The molecule has 0 bridgehead atoms. The second-order valence-electron chi connectivity index (χ2n) is 2.19. The van der Waals surface area contributed by atoms with Gasteiger partial charge in [0.2, 0.25) is 0 Å². The number of rotatable bonds is 2. The van der Waals surface area contributed by atoms with Gasteiger partial charge in [0, 0.05) is 14.0 Å². The summed E-state index contributed by atoms with van der Waals surface area (Å²) in [5.41, 5.74) is 0. The number of hydrogen-bond acceptors (Lipinski definition) is 1. The first kappa shape index (κ1) is 11.5. The molecule has 0 amide bonds. The van der Waals surface area contributed by atoms with E-state index in [2.05, 4.69) is 4.74 Å². The topological polar surface area (TPSA) is 9.23 Å². The minimum Gasteiger partial charge on any atom is -0.345 e. The Morgan fingerprint density at radius 2 is 1.25 bits per heavy atom. The maximum absolute atomic E-state index is 12.4. The van der Waals surface area contributed by atoms with Crippen LogP contribution in [0.3, 0.4) is 0 Å². The second-order valence-corrected chi connectivity index (χ2v) is 2.19. The smallest absolute Gasteiger partial charge is 0.345 e. The summed E-state index contributed by atoms with van der Waals surface area (Å²) in [6.45, 7) is 0.0144. The van der Waals surface area contributed by atoms with Gasteiger partial charge in [0.25, 0.3) is 5.85 Å². The van der Waals surface area contributed by atoms with E-state index >= 15 is 0 Å². The Labute approximate surface area is 64.3 Å². The van der Waals surface area contributed by atoms with E-state index < -0.39 is 18.0 Å². The summed E-state index contributed by atoms with van der Waals surface area (Å²) in [6.07, 6.45) is -5.95. The summed E-state index contributed by atoms with van der Waals surface area (Å²) < 4.78 is 74.3. The average molecular weight is 196 g/mol. The van der Waals surface area contributed by atoms with Crippen molar-refractivity contribution in [3.63, 3.8) is 0 Å². The third-order valence-corrected chi connectivity index (χ3v) is 1.30. The molecule has 0 heterocycles. The Morgan fingerprint density at radius 3 is 1.33 bits per heavy atom. The Morgan fingerprint density at radius 1 is 0.917 bits per heavy atom. The molecular formula is C5H6F6O. The van der Waals surface area contributed by atoms with Gasteiger partial charge in [-0.3, -0.25) is 0 Å². The average Bonchev–Trinajstić information content (AvgIpc) is 1.85. The molecule has 74 valence electrons. The minimum atomic E-state index is -5.95. The maximum atomic E-state index is 12.4. The van der Waals surface area contributed by atoms with E-state index in [1.807, 2.05) is 0 Å². The van der Waals surface area contributed by atoms with Gasteiger partial charge in [-0.1, -0.05) is 0 Å². The lowest BCUT2D eigenvalue weighted by atomic mass is 10.2. The molecule has 1 nitrogen and oxygen atoms in total. The van der Waals surface area contributed by atoms with Gasteiger partial charge in [-0.05, 0) is 0 Å². The molecule has 0 radical (unpaired) electrons. The molecule has 0 saturated heterocycles. The van der Waals surface area contributed by atoms with Crippen LogP contribution in [-0.2, 0) is 4.74 Å². The number of hydrogen-bond donors (Lipinski definition) is 0. The van der Waals surface area contributed by atoms with Crippen LogP contribution in [0.15, 0.2) is 0 Å². The molecule has 0 spiro atoms. The van der Waals surface area contributed by atoms with Gasteiger partial charge in [0.05, 0.1) is 0 Å². The Balaban J connectivity index is 4.85. The van der Waals surface area contributed by atoms with Crippen molar-refractivity contribution in [2.45, 2.75) is 24.9 Å². The second kappa shape index (κ2) is 2.79. The van der Waals surface area contributed by atoms with Gasteiger partial charge in [-0.2, -0.15) is 22.0 Å². The van der Waals surface area contributed by atoms with Crippen LogP contribution in [0.5, 0.6) is 0 Å². The fraction of sp³-hybridized carbons (Fsp3) is 1.00. The Hall–Kier alpha value is -0.460. The van der Waals surface area contributed by atoms with Crippen LogP contribution in [0.2, 0.25) is 0 Å². The monoisotopic (exact) mass is 196 g/mol. The van der Waals surface area contributed by atoms with Crippen molar-refractivity contribution in [3.05, 3.63) is 0 Å². The van der Waals surface area contributed by atoms with E-state index in [1.165, 1.54) is 0 Å². The van der Waals surface area contributed by atoms with Crippen LogP contribution < -0.4 is 0 Å². The molecule has 0 rings (SSSR count). The molecule has 0 aromatic carbocycles. The first-order valence-corrected chi connectivity index (χ1v) is 2.75. The zero-order valence-electron chi connectivity index (χ0n) is 6.18. The van der Waals surface area contributed by atoms with Crippen LogP contribution in [-0.4, -0.2) is 25.1 Å². The van der Waals surface area contributed by atoms with Crippen molar-refractivity contribution < 1.29 is 31.1 Å². The van der Waals surface area contributed by atoms with E-state index in [-0.39, 0.29) is 6.92 Å². The van der Waals surface area contributed by atoms with Crippen molar-refractivity contribution in [1.29, 1.82) is 0 Å². The first-order chi connectivity index (χ1) is 5.06. The summed E-state index contributed by atoms with van der Waals surface area (Å²) in [5, 5.41) is 0. The summed E-state index contributed by atoms with van der Waals surface area (Å²) in [6, 6.07) is 0. The summed E-state index contributed by atoms with van der Waals surface area (Å²) in [4.78, 5) is 0. The van der Waals surface area contributed by atoms with E-state index in [9.17, 15) is 26.3 Å². The zero-order valence-corrected chi connectivity index (χ0v) is 6.18. The predicted molar refractivity (Wildman–Crippen MR) is 27.5 cm³/mol. The number of ether oxygens (including phenoxy) is 1. The molecule has 0 aliphatic heterocycles. The summed E-state index contributed by atoms with van der Waals surface area (Å²) >= 11 is 0. The van der Waals surface area contributed by atoms with Crippen LogP contribution in [0.4, 0.5) is 26.3 Å². The molecule has 0 aromatic rings. The Kier molecular flexibility index (Phi) is 2.68. The van der Waals surface area contributed by atoms with Crippen molar-refractivity contribution in [3.8, 4) is 0 Å². The predicted octanol–water partition coefficient (Wildman–Crippen LogP) is 2.52. The number of halogens is 6. The van der Waals surface area contributed by atoms with Crippen molar-refractivity contribution >= 4 is 0 Å². The summed E-state index contributed by atoms with van der Waals surface area (Å²) in [7, 11) is 0.430. The van der Waals surface area contributed by atoms with Gasteiger partial charge < -0.3 is 4.74 Å². The lowest BCUT2D eigenvalue weighted by Crippen LogP contribution is -2.53. The fourth-order valence-corrected chi connectivity index (χ4v) is 0.381. The van der Waals surface area contributed by atoms with Gasteiger partial charge in [-0.25, -0.2) is 4.39 Å². The molecule has 0 saturated carbocycles. The standard InChI is InChI=1S/C5H6F6O/c1-3(6,12-2)4(7,8)5(9,10)11/h1-2H3. The highest BCUT2D eigenvalue weighted by Gasteiger charge is 2.70. The molecule has 0 aliphatic rings. The lowest BCUT2D eigenvalue weighted by Gasteiger charge is -2.29. The molecule has 1 atom stereocenters. The number of alkyl halides is 6. The van der Waals surface area contributed by atoms with Crippen molar-refractivity contribution in [2.24, 2.45) is 0 Å². The van der Waals surface area contributed by atoms with E-state index in [1.54, 1.807) is 0 Å². The molecule has 0 N–H and O–H groups in total. The van der Waals surface area contributed by atoms with Gasteiger partial charge >= 0.3 is 12.1 Å². The molecule has 7 heteroatoms. The highest BCUT2D eigenvalue weighted by Crippen LogP contribution is 2.45. The van der Waals surface area contributed by atoms with Crippen LogP contribution >= 0.6 is 0 Å². The van der Waals surface area contributed by atoms with Crippen LogP contribution in [0, 0.1) is 0 Å². The molecular weight excluding hydrogens is 190 g/mol. The molecule has 0 fully saturated rings. The van der Waals surface area contributed by atoms with E-state index in [4.69, 9.17) is 0 Å². The molecule has 0 aliphatic carbocycles. The van der Waals surface area contributed by atoms with Gasteiger partial charge in [0.1, 0.15) is 0 Å². The minimum absolute atomic E-state index is 0.0144. The fourth-order valence-electron chi connectivity index (χ4n) is 0.381. The van der Waals surface area contributed by atoms with E-state index in [0.29, 0.717) is 7.11 Å². The third-order valence-electron chi connectivity index (χ3n) is 1.30. The SMILES string of the molecule is COC(C)(F)C(F)(F)C(F)(F)F. The summed E-state index contributed by atoms with van der Waals surface area (Å²) in [5.74, 6) is -9.54. The largest absolute Gasteiger partial charge is 0.459 e. The number of methoxy groups -OCH3 is 1.